The van der Waals surface area contributed by atoms with Crippen molar-refractivity contribution in [2.75, 3.05) is 5.32 Å². The third kappa shape index (κ3) is 4.57. The number of rotatable bonds is 4. The number of nitrogens with one attached hydrogen (secondary N) is 2. The van der Waals surface area contributed by atoms with Crippen molar-refractivity contribution in [3.8, 4) is 0 Å². The molecule has 1 aromatic rings. The average Bonchev–Trinajstić information content (AvgIpc) is 2.17. The van der Waals surface area contributed by atoms with Gasteiger partial charge in [-0.2, -0.15) is 0 Å². The number of aromatic nitrogens is 1. The quantitative estimate of drug-likeness (QED) is 0.790. The van der Waals surface area contributed by atoms with E-state index in [0.29, 0.717) is 11.2 Å². The average molecular weight is 237 g/mol. The van der Waals surface area contributed by atoms with E-state index >= 15 is 0 Å². The standard InChI is InChI=1S/C12H19N3S/c1-4-6-9(2)14-12(16)15-11-8-5-7-10(3)13-11/h5,7-9H,4,6H2,1-3H3,(H2,13,14,15,16)/t9-/m0/s1. The van der Waals surface area contributed by atoms with Crippen LogP contribution in [0.15, 0.2) is 18.2 Å². The fraction of sp³-hybridized carbons (Fsp3) is 0.500. The Balaban J connectivity index is 2.45. The molecule has 1 heterocycles. The van der Waals surface area contributed by atoms with Gasteiger partial charge in [0, 0.05) is 11.7 Å². The van der Waals surface area contributed by atoms with Crippen molar-refractivity contribution >= 4 is 23.1 Å². The molecule has 0 amide bonds. The highest BCUT2D eigenvalue weighted by atomic mass is 32.1. The van der Waals surface area contributed by atoms with Crippen molar-refractivity contribution in [1.82, 2.24) is 10.3 Å². The molecule has 0 saturated heterocycles. The Hall–Kier alpha value is -1.16. The van der Waals surface area contributed by atoms with Crippen LogP contribution in [0.4, 0.5) is 5.82 Å². The highest BCUT2D eigenvalue weighted by Gasteiger charge is 2.03. The highest BCUT2D eigenvalue weighted by Crippen LogP contribution is 2.04. The van der Waals surface area contributed by atoms with Crippen molar-refractivity contribution in [1.29, 1.82) is 0 Å². The largest absolute Gasteiger partial charge is 0.360 e. The van der Waals surface area contributed by atoms with E-state index in [9.17, 15) is 0 Å². The van der Waals surface area contributed by atoms with Gasteiger partial charge in [0.05, 0.1) is 0 Å². The number of hydrogen-bond acceptors (Lipinski definition) is 2. The van der Waals surface area contributed by atoms with Gasteiger partial charge < -0.3 is 10.6 Å². The van der Waals surface area contributed by atoms with Crippen LogP contribution in [0.3, 0.4) is 0 Å². The fourth-order valence-corrected chi connectivity index (χ4v) is 1.80. The minimum Gasteiger partial charge on any atom is -0.360 e. The number of aryl methyl sites for hydroxylation is 1. The zero-order valence-electron chi connectivity index (χ0n) is 10.1. The van der Waals surface area contributed by atoms with Gasteiger partial charge in [-0.15, -0.1) is 0 Å². The van der Waals surface area contributed by atoms with Gasteiger partial charge in [0.1, 0.15) is 5.82 Å². The van der Waals surface area contributed by atoms with Crippen LogP contribution >= 0.6 is 12.2 Å². The van der Waals surface area contributed by atoms with E-state index < -0.39 is 0 Å². The van der Waals surface area contributed by atoms with Crippen molar-refractivity contribution in [2.24, 2.45) is 0 Å². The topological polar surface area (TPSA) is 37.0 Å². The third-order valence-corrected chi connectivity index (χ3v) is 2.45. The van der Waals surface area contributed by atoms with Gasteiger partial charge >= 0.3 is 0 Å². The minimum atomic E-state index is 0.398. The van der Waals surface area contributed by atoms with Crippen LogP contribution in [-0.2, 0) is 0 Å². The van der Waals surface area contributed by atoms with Crippen LogP contribution in [0.2, 0.25) is 0 Å². The van der Waals surface area contributed by atoms with Gasteiger partial charge in [-0.25, -0.2) is 4.98 Å². The Morgan fingerprint density at radius 3 is 2.88 bits per heavy atom. The van der Waals surface area contributed by atoms with E-state index in [0.717, 1.165) is 24.4 Å². The Kier molecular flexibility index (Phi) is 5.19. The number of nitrogens with zero attached hydrogens (tertiary/aromatic N) is 1. The fourth-order valence-electron chi connectivity index (χ4n) is 1.49. The van der Waals surface area contributed by atoms with E-state index in [4.69, 9.17) is 12.2 Å². The molecule has 0 aromatic carbocycles. The second kappa shape index (κ2) is 6.43. The highest BCUT2D eigenvalue weighted by molar-refractivity contribution is 7.80. The van der Waals surface area contributed by atoms with E-state index in [2.05, 4.69) is 29.5 Å². The Labute approximate surface area is 103 Å². The van der Waals surface area contributed by atoms with Crippen LogP contribution in [0.25, 0.3) is 0 Å². The molecule has 16 heavy (non-hydrogen) atoms. The molecule has 4 heteroatoms. The van der Waals surface area contributed by atoms with Gasteiger partial charge in [-0.1, -0.05) is 19.4 Å². The van der Waals surface area contributed by atoms with Crippen molar-refractivity contribution < 1.29 is 0 Å². The minimum absolute atomic E-state index is 0.398. The maximum Gasteiger partial charge on any atom is 0.172 e. The summed E-state index contributed by atoms with van der Waals surface area (Å²) in [6.07, 6.45) is 2.27. The smallest absolute Gasteiger partial charge is 0.172 e. The number of pyridine rings is 1. The molecule has 0 aliphatic rings. The summed E-state index contributed by atoms with van der Waals surface area (Å²) in [4.78, 5) is 4.33. The Morgan fingerprint density at radius 2 is 2.25 bits per heavy atom. The molecule has 3 nitrogen and oxygen atoms in total. The molecule has 0 spiro atoms. The van der Waals surface area contributed by atoms with Gasteiger partial charge in [-0.05, 0) is 44.6 Å². The number of hydrogen-bond donors (Lipinski definition) is 2. The molecule has 2 N–H and O–H groups in total. The SMILES string of the molecule is CCC[C@H](C)NC(=S)Nc1cccc(C)n1. The van der Waals surface area contributed by atoms with Crippen LogP contribution in [-0.4, -0.2) is 16.1 Å². The molecule has 0 unspecified atom stereocenters. The molecule has 0 fully saturated rings. The van der Waals surface area contributed by atoms with Gasteiger partial charge in [0.25, 0.3) is 0 Å². The molecule has 88 valence electrons. The van der Waals surface area contributed by atoms with Crippen molar-refractivity contribution in [2.45, 2.75) is 39.7 Å². The second-order valence-corrected chi connectivity index (χ2v) is 4.36. The Bertz CT molecular complexity index is 352. The Morgan fingerprint density at radius 1 is 1.50 bits per heavy atom. The maximum atomic E-state index is 5.21. The normalized spacial score (nSPS) is 11.9. The lowest BCUT2D eigenvalue weighted by Gasteiger charge is -2.15. The molecule has 0 radical (unpaired) electrons. The first-order valence-electron chi connectivity index (χ1n) is 5.63. The number of thiocarbonyl (C=S) groups is 1. The van der Waals surface area contributed by atoms with E-state index in [1.807, 2.05) is 25.1 Å². The molecule has 1 rings (SSSR count). The van der Waals surface area contributed by atoms with E-state index in [1.54, 1.807) is 0 Å². The van der Waals surface area contributed by atoms with Crippen LogP contribution in [0.5, 0.6) is 0 Å². The first-order valence-corrected chi connectivity index (χ1v) is 6.03. The summed E-state index contributed by atoms with van der Waals surface area (Å²) in [6, 6.07) is 6.23. The summed E-state index contributed by atoms with van der Waals surface area (Å²) in [7, 11) is 0. The molecule has 0 aliphatic heterocycles. The summed E-state index contributed by atoms with van der Waals surface area (Å²) in [5.74, 6) is 0.793. The summed E-state index contributed by atoms with van der Waals surface area (Å²) >= 11 is 5.21. The second-order valence-electron chi connectivity index (χ2n) is 3.95. The predicted octanol–water partition coefficient (Wildman–Crippen LogP) is 2.87. The van der Waals surface area contributed by atoms with Gasteiger partial charge in [0.2, 0.25) is 0 Å². The molecular weight excluding hydrogens is 218 g/mol. The lowest BCUT2D eigenvalue weighted by atomic mass is 10.2. The summed E-state index contributed by atoms with van der Waals surface area (Å²) in [6.45, 7) is 6.25. The molecular formula is C12H19N3S. The zero-order valence-corrected chi connectivity index (χ0v) is 10.9. The third-order valence-electron chi connectivity index (χ3n) is 2.23. The van der Waals surface area contributed by atoms with E-state index in [-0.39, 0.29) is 0 Å². The molecule has 1 atom stereocenters. The first kappa shape index (κ1) is 12.9. The van der Waals surface area contributed by atoms with Crippen molar-refractivity contribution in [3.05, 3.63) is 23.9 Å². The van der Waals surface area contributed by atoms with Crippen LogP contribution < -0.4 is 10.6 Å². The first-order chi connectivity index (χ1) is 7.61. The molecule has 0 aliphatic carbocycles. The van der Waals surface area contributed by atoms with Crippen molar-refractivity contribution in [3.63, 3.8) is 0 Å². The van der Waals surface area contributed by atoms with Crippen LogP contribution in [0.1, 0.15) is 32.4 Å². The van der Waals surface area contributed by atoms with Gasteiger partial charge in [0.15, 0.2) is 5.11 Å². The lowest BCUT2D eigenvalue weighted by molar-refractivity contribution is 0.599. The van der Waals surface area contributed by atoms with E-state index in [1.165, 1.54) is 0 Å². The molecule has 0 saturated carbocycles. The molecule has 1 aromatic heterocycles. The van der Waals surface area contributed by atoms with Gasteiger partial charge in [-0.3, -0.25) is 0 Å². The van der Waals surface area contributed by atoms with Crippen LogP contribution in [0, 0.1) is 6.92 Å². The maximum absolute atomic E-state index is 5.21. The summed E-state index contributed by atoms with van der Waals surface area (Å²) < 4.78 is 0. The number of anilines is 1. The molecule has 0 bridgehead atoms. The lowest BCUT2D eigenvalue weighted by Crippen LogP contribution is -2.35. The predicted molar refractivity (Wildman–Crippen MR) is 72.7 cm³/mol. The summed E-state index contributed by atoms with van der Waals surface area (Å²) in [5.41, 5.74) is 0.981. The zero-order chi connectivity index (χ0) is 12.0. The summed E-state index contributed by atoms with van der Waals surface area (Å²) in [5, 5.41) is 6.95. The monoisotopic (exact) mass is 237 g/mol.